The zero-order chi connectivity index (χ0) is 22.2. The van der Waals surface area contributed by atoms with E-state index in [2.05, 4.69) is 15.6 Å². The summed E-state index contributed by atoms with van der Waals surface area (Å²) >= 11 is 1.63. The van der Waals surface area contributed by atoms with E-state index in [1.54, 1.807) is 35.6 Å². The van der Waals surface area contributed by atoms with Crippen LogP contribution in [0.3, 0.4) is 0 Å². The van der Waals surface area contributed by atoms with E-state index in [1.165, 1.54) is 0 Å². The van der Waals surface area contributed by atoms with Crippen molar-refractivity contribution in [3.63, 3.8) is 0 Å². The normalized spacial score (nSPS) is 10.7. The van der Waals surface area contributed by atoms with Gasteiger partial charge in [-0.2, -0.15) is 0 Å². The fourth-order valence-corrected chi connectivity index (χ4v) is 3.59. The smallest absolute Gasteiger partial charge is 0.251 e. The van der Waals surface area contributed by atoms with Gasteiger partial charge >= 0.3 is 0 Å². The van der Waals surface area contributed by atoms with Gasteiger partial charge in [0.2, 0.25) is 5.91 Å². The molecule has 0 atom stereocenters. The second-order valence-corrected chi connectivity index (χ2v) is 8.48. The minimum Gasteiger partial charge on any atom is -0.491 e. The average Bonchev–Trinajstić information content (AvgIpc) is 3.19. The topological polar surface area (TPSA) is 80.3 Å². The molecule has 2 amide bonds. The minimum absolute atomic E-state index is 0.0643. The molecule has 3 aromatic rings. The Morgan fingerprint density at radius 1 is 1.03 bits per heavy atom. The highest BCUT2D eigenvalue weighted by atomic mass is 32.1. The number of nitrogens with one attached hydrogen (secondary N) is 2. The summed E-state index contributed by atoms with van der Waals surface area (Å²) in [6.07, 6.45) is 0.788. The van der Waals surface area contributed by atoms with Crippen LogP contribution in [0.4, 0.5) is 0 Å². The first-order chi connectivity index (χ1) is 14.9. The number of amides is 2. The predicted molar refractivity (Wildman–Crippen MR) is 124 cm³/mol. The second-order valence-electron chi connectivity index (χ2n) is 7.42. The maximum absolute atomic E-state index is 12.2. The van der Waals surface area contributed by atoms with Gasteiger partial charge in [-0.15, -0.1) is 11.3 Å². The third-order valence-corrected chi connectivity index (χ3v) is 5.28. The lowest BCUT2D eigenvalue weighted by Crippen LogP contribution is -2.37. The van der Waals surface area contributed by atoms with E-state index < -0.39 is 0 Å². The third kappa shape index (κ3) is 6.93. The summed E-state index contributed by atoms with van der Waals surface area (Å²) in [5, 5.41) is 8.57. The van der Waals surface area contributed by atoms with E-state index >= 15 is 0 Å². The van der Waals surface area contributed by atoms with Crippen LogP contribution in [-0.2, 0) is 11.2 Å². The number of carbonyl (C=O) groups is 2. The van der Waals surface area contributed by atoms with E-state index in [9.17, 15) is 9.59 Å². The third-order valence-electron chi connectivity index (χ3n) is 4.50. The number of hydrogen-bond acceptors (Lipinski definition) is 5. The van der Waals surface area contributed by atoms with Crippen molar-refractivity contribution in [2.75, 3.05) is 13.1 Å². The molecular weight excluding hydrogens is 410 g/mol. The van der Waals surface area contributed by atoms with Crippen molar-refractivity contribution >= 4 is 23.2 Å². The highest BCUT2D eigenvalue weighted by Crippen LogP contribution is 2.21. The van der Waals surface area contributed by atoms with Crippen LogP contribution in [0.25, 0.3) is 11.3 Å². The van der Waals surface area contributed by atoms with E-state index in [1.807, 2.05) is 50.4 Å². The summed E-state index contributed by atoms with van der Waals surface area (Å²) in [4.78, 5) is 28.7. The molecule has 31 heavy (non-hydrogen) atoms. The first kappa shape index (κ1) is 22.5. The molecule has 0 saturated carbocycles. The summed E-state index contributed by atoms with van der Waals surface area (Å²) < 4.78 is 5.56. The highest BCUT2D eigenvalue weighted by molar-refractivity contribution is 7.09. The number of aromatic nitrogens is 1. The lowest BCUT2D eigenvalue weighted by atomic mass is 10.1. The molecule has 162 valence electrons. The van der Waals surface area contributed by atoms with Gasteiger partial charge in [-0.25, -0.2) is 4.98 Å². The van der Waals surface area contributed by atoms with Crippen LogP contribution < -0.4 is 15.4 Å². The fraction of sp³-hybridized carbons (Fsp3) is 0.292. The van der Waals surface area contributed by atoms with E-state index in [0.29, 0.717) is 24.3 Å². The van der Waals surface area contributed by atoms with Gasteiger partial charge in [-0.1, -0.05) is 24.3 Å². The molecule has 3 rings (SSSR count). The van der Waals surface area contributed by atoms with Crippen LogP contribution in [0, 0.1) is 6.92 Å². The number of nitrogens with zero attached hydrogens (tertiary/aromatic N) is 1. The molecule has 0 bridgehead atoms. The van der Waals surface area contributed by atoms with Gasteiger partial charge in [0.15, 0.2) is 0 Å². The Hall–Kier alpha value is -3.19. The summed E-state index contributed by atoms with van der Waals surface area (Å²) in [5.41, 5.74) is 3.69. The van der Waals surface area contributed by atoms with Crippen LogP contribution in [0.1, 0.15) is 34.8 Å². The van der Waals surface area contributed by atoms with E-state index in [0.717, 1.165) is 21.8 Å². The summed E-state index contributed by atoms with van der Waals surface area (Å²) in [6.45, 7) is 6.32. The SMILES string of the molecule is Cc1nc(-c2ccc(CCNC(=O)CNC(=O)c3ccc(OC(C)C)cc3)cc2)cs1. The Kier molecular flexibility index (Phi) is 7.78. The van der Waals surface area contributed by atoms with Gasteiger partial charge in [0.25, 0.3) is 5.91 Å². The lowest BCUT2D eigenvalue weighted by molar-refractivity contribution is -0.120. The summed E-state index contributed by atoms with van der Waals surface area (Å²) in [6, 6.07) is 15.0. The molecule has 2 aromatic carbocycles. The van der Waals surface area contributed by atoms with Crippen molar-refractivity contribution in [3.8, 4) is 17.0 Å². The zero-order valence-electron chi connectivity index (χ0n) is 18.0. The van der Waals surface area contributed by atoms with Crippen LogP contribution in [-0.4, -0.2) is 36.0 Å². The molecule has 0 aliphatic rings. The van der Waals surface area contributed by atoms with Gasteiger partial charge in [-0.3, -0.25) is 9.59 Å². The maximum atomic E-state index is 12.2. The number of carbonyl (C=O) groups excluding carboxylic acids is 2. The summed E-state index contributed by atoms with van der Waals surface area (Å²) in [7, 11) is 0. The molecule has 0 fully saturated rings. The quantitative estimate of drug-likeness (QED) is 0.530. The number of hydrogen-bond donors (Lipinski definition) is 2. The number of rotatable bonds is 9. The molecule has 0 aliphatic carbocycles. The summed E-state index contributed by atoms with van der Waals surface area (Å²) in [5.74, 6) is 0.195. The Bertz CT molecular complexity index is 1010. The van der Waals surface area contributed by atoms with Crippen molar-refractivity contribution in [1.82, 2.24) is 15.6 Å². The molecule has 0 saturated heterocycles. The monoisotopic (exact) mass is 437 g/mol. The van der Waals surface area contributed by atoms with E-state index in [-0.39, 0.29) is 24.5 Å². The van der Waals surface area contributed by atoms with Crippen LogP contribution in [0.5, 0.6) is 5.75 Å². The Morgan fingerprint density at radius 2 is 1.74 bits per heavy atom. The molecule has 6 nitrogen and oxygen atoms in total. The van der Waals surface area contributed by atoms with Crippen molar-refractivity contribution in [1.29, 1.82) is 0 Å². The highest BCUT2D eigenvalue weighted by Gasteiger charge is 2.09. The average molecular weight is 438 g/mol. The van der Waals surface area contributed by atoms with Crippen LogP contribution in [0.15, 0.2) is 53.9 Å². The lowest BCUT2D eigenvalue weighted by Gasteiger charge is -2.10. The Morgan fingerprint density at radius 3 is 2.35 bits per heavy atom. The molecule has 2 N–H and O–H groups in total. The number of benzene rings is 2. The molecule has 0 unspecified atom stereocenters. The minimum atomic E-state index is -0.292. The number of ether oxygens (including phenoxy) is 1. The van der Waals surface area contributed by atoms with Crippen molar-refractivity contribution in [3.05, 3.63) is 70.0 Å². The zero-order valence-corrected chi connectivity index (χ0v) is 18.8. The molecule has 0 spiro atoms. The van der Waals surface area contributed by atoms with E-state index in [4.69, 9.17) is 4.74 Å². The first-order valence-corrected chi connectivity index (χ1v) is 11.1. The molecular formula is C24H27N3O3S. The van der Waals surface area contributed by atoms with Crippen molar-refractivity contribution < 1.29 is 14.3 Å². The molecule has 1 aromatic heterocycles. The number of aryl methyl sites for hydroxylation is 1. The van der Waals surface area contributed by atoms with Gasteiger partial charge in [0.05, 0.1) is 23.4 Å². The van der Waals surface area contributed by atoms with Crippen molar-refractivity contribution in [2.45, 2.75) is 33.3 Å². The molecule has 7 heteroatoms. The standard InChI is InChI=1S/C24H27N3O3S/c1-16(2)30-21-10-8-20(9-11-21)24(29)26-14-23(28)25-13-12-18-4-6-19(7-5-18)22-15-31-17(3)27-22/h4-11,15-16H,12-14H2,1-3H3,(H,25,28)(H,26,29). The maximum Gasteiger partial charge on any atom is 0.251 e. The Balaban J connectivity index is 1.38. The molecule has 0 radical (unpaired) electrons. The first-order valence-electron chi connectivity index (χ1n) is 10.2. The molecule has 1 heterocycles. The Labute approximate surface area is 186 Å². The van der Waals surface area contributed by atoms with Gasteiger partial charge in [0.1, 0.15) is 5.75 Å². The largest absolute Gasteiger partial charge is 0.491 e. The van der Waals surface area contributed by atoms with Crippen LogP contribution >= 0.6 is 11.3 Å². The molecule has 0 aliphatic heterocycles. The van der Waals surface area contributed by atoms with Crippen molar-refractivity contribution in [2.24, 2.45) is 0 Å². The van der Waals surface area contributed by atoms with Gasteiger partial charge < -0.3 is 15.4 Å². The fourth-order valence-electron chi connectivity index (χ4n) is 2.97. The predicted octanol–water partition coefficient (Wildman–Crippen LogP) is 3.99. The number of thiazole rings is 1. The van der Waals surface area contributed by atoms with Gasteiger partial charge in [0, 0.05) is 23.1 Å². The second kappa shape index (κ2) is 10.7. The van der Waals surface area contributed by atoms with Crippen LogP contribution in [0.2, 0.25) is 0 Å². The van der Waals surface area contributed by atoms with Gasteiger partial charge in [-0.05, 0) is 57.0 Å².